The van der Waals surface area contributed by atoms with Gasteiger partial charge in [-0.25, -0.2) is 9.59 Å². The Labute approximate surface area is 90.7 Å². The third-order valence-electron chi connectivity index (χ3n) is 1.62. The summed E-state index contributed by atoms with van der Waals surface area (Å²) in [6.07, 6.45) is 0.590. The normalized spacial score (nSPS) is 9.56. The molecule has 0 aliphatic carbocycles. The fraction of sp³-hybridized carbons (Fsp3) is 0.222. The van der Waals surface area contributed by atoms with Gasteiger partial charge in [0.05, 0.1) is 0 Å². The number of aryl methyl sites for hydroxylation is 1. The lowest BCUT2D eigenvalue weighted by Crippen LogP contribution is -2.15. The van der Waals surface area contributed by atoms with Gasteiger partial charge in [-0.15, -0.1) is 0 Å². The number of amides is 1. The first-order chi connectivity index (χ1) is 7.56. The molecular formula is C9H10N2O5. The molecule has 7 heteroatoms. The van der Waals surface area contributed by atoms with Crippen LogP contribution < -0.4 is 5.32 Å². The molecule has 0 atom stereocenters. The van der Waals surface area contributed by atoms with E-state index in [1.165, 1.54) is 13.0 Å². The Morgan fingerprint density at radius 1 is 1.69 bits per heavy atom. The Balaban J connectivity index is 2.79. The molecule has 1 aromatic heterocycles. The van der Waals surface area contributed by atoms with Gasteiger partial charge in [-0.2, -0.15) is 0 Å². The van der Waals surface area contributed by atoms with Crippen molar-refractivity contribution in [1.82, 2.24) is 5.16 Å². The van der Waals surface area contributed by atoms with Crippen molar-refractivity contribution >= 4 is 17.7 Å². The maximum atomic E-state index is 11.2. The first-order valence-electron chi connectivity index (χ1n) is 4.30. The van der Waals surface area contributed by atoms with Gasteiger partial charge in [0, 0.05) is 0 Å². The van der Waals surface area contributed by atoms with E-state index in [1.807, 2.05) is 0 Å². The van der Waals surface area contributed by atoms with Crippen molar-refractivity contribution in [1.29, 1.82) is 0 Å². The number of aromatic carboxylic acids is 1. The van der Waals surface area contributed by atoms with Gasteiger partial charge in [-0.05, 0) is 6.92 Å². The zero-order valence-electron chi connectivity index (χ0n) is 8.52. The highest BCUT2D eigenvalue weighted by Gasteiger charge is 2.21. The van der Waals surface area contributed by atoms with Crippen LogP contribution in [0.15, 0.2) is 17.2 Å². The van der Waals surface area contributed by atoms with E-state index in [-0.39, 0.29) is 18.0 Å². The molecule has 0 fully saturated rings. The van der Waals surface area contributed by atoms with E-state index in [4.69, 9.17) is 5.11 Å². The second-order valence-corrected chi connectivity index (χ2v) is 2.79. The van der Waals surface area contributed by atoms with Crippen LogP contribution in [0.1, 0.15) is 16.2 Å². The van der Waals surface area contributed by atoms with Crippen molar-refractivity contribution in [3.05, 3.63) is 24.1 Å². The number of carbonyl (C=O) groups is 2. The summed E-state index contributed by atoms with van der Waals surface area (Å²) >= 11 is 0. The van der Waals surface area contributed by atoms with Gasteiger partial charge in [-0.3, -0.25) is 5.32 Å². The molecule has 0 spiro atoms. The van der Waals surface area contributed by atoms with E-state index in [2.05, 4.69) is 26.3 Å². The third kappa shape index (κ3) is 2.59. The molecular weight excluding hydrogens is 216 g/mol. The van der Waals surface area contributed by atoms with Crippen LogP contribution in [0.3, 0.4) is 0 Å². The monoisotopic (exact) mass is 226 g/mol. The first-order valence-corrected chi connectivity index (χ1v) is 4.30. The van der Waals surface area contributed by atoms with Crippen LogP contribution in [0.2, 0.25) is 0 Å². The average molecular weight is 226 g/mol. The number of carboxylic acids is 1. The van der Waals surface area contributed by atoms with Gasteiger partial charge in [0.25, 0.3) is 5.76 Å². The van der Waals surface area contributed by atoms with Crippen LogP contribution in [0, 0.1) is 6.92 Å². The molecule has 16 heavy (non-hydrogen) atoms. The first kappa shape index (κ1) is 11.8. The van der Waals surface area contributed by atoms with Crippen molar-refractivity contribution in [3.8, 4) is 0 Å². The molecule has 0 unspecified atom stereocenters. The number of hydrogen-bond acceptors (Lipinski definition) is 5. The van der Waals surface area contributed by atoms with E-state index in [1.54, 1.807) is 0 Å². The zero-order valence-corrected chi connectivity index (χ0v) is 8.52. The Morgan fingerprint density at radius 3 is 2.94 bits per heavy atom. The molecule has 1 aromatic rings. The summed E-state index contributed by atoms with van der Waals surface area (Å²) in [5.74, 6) is -1.76. The van der Waals surface area contributed by atoms with E-state index < -0.39 is 17.8 Å². The Hall–Kier alpha value is -2.31. The van der Waals surface area contributed by atoms with Crippen molar-refractivity contribution < 1.29 is 24.0 Å². The molecule has 0 saturated carbocycles. The van der Waals surface area contributed by atoms with Gasteiger partial charge in [0.1, 0.15) is 18.0 Å². The van der Waals surface area contributed by atoms with Crippen LogP contribution in [0.25, 0.3) is 0 Å². The van der Waals surface area contributed by atoms with Gasteiger partial charge in [-0.1, -0.05) is 17.8 Å². The van der Waals surface area contributed by atoms with Crippen molar-refractivity contribution in [3.63, 3.8) is 0 Å². The molecule has 0 aliphatic heterocycles. The molecule has 86 valence electrons. The van der Waals surface area contributed by atoms with Gasteiger partial charge in [0.15, 0.2) is 0 Å². The number of ether oxygens (including phenoxy) is 1. The fourth-order valence-corrected chi connectivity index (χ4v) is 0.936. The highest BCUT2D eigenvalue weighted by atomic mass is 16.5. The van der Waals surface area contributed by atoms with Gasteiger partial charge >= 0.3 is 12.1 Å². The quantitative estimate of drug-likeness (QED) is 0.752. The lowest BCUT2D eigenvalue weighted by Gasteiger charge is -2.03. The molecule has 0 bridgehead atoms. The number of rotatable bonds is 4. The fourth-order valence-electron chi connectivity index (χ4n) is 0.936. The summed E-state index contributed by atoms with van der Waals surface area (Å²) in [6, 6.07) is 0. The summed E-state index contributed by atoms with van der Waals surface area (Å²) in [5.41, 5.74) is 0.245. The molecule has 0 radical (unpaired) electrons. The largest absolute Gasteiger partial charge is 0.475 e. The molecule has 0 aromatic carbocycles. The topological polar surface area (TPSA) is 102 Å². The van der Waals surface area contributed by atoms with E-state index >= 15 is 0 Å². The third-order valence-corrected chi connectivity index (χ3v) is 1.62. The molecule has 1 heterocycles. The number of nitrogens with zero attached hydrogens (tertiary/aromatic N) is 1. The average Bonchev–Trinajstić information content (AvgIpc) is 2.58. The SMILES string of the molecule is C=CCOC(=O)Nc1c(C)noc1C(=O)O. The Kier molecular flexibility index (Phi) is 3.65. The Morgan fingerprint density at radius 2 is 2.38 bits per heavy atom. The van der Waals surface area contributed by atoms with Crippen LogP contribution in [0.4, 0.5) is 10.5 Å². The minimum atomic E-state index is -1.32. The highest BCUT2D eigenvalue weighted by molar-refractivity contribution is 5.96. The number of carboxylic acid groups (broad SMARTS) is 1. The van der Waals surface area contributed by atoms with E-state index in [9.17, 15) is 9.59 Å². The van der Waals surface area contributed by atoms with Crippen molar-refractivity contribution in [2.45, 2.75) is 6.92 Å². The number of carbonyl (C=O) groups excluding carboxylic acids is 1. The summed E-state index contributed by atoms with van der Waals surface area (Å²) in [7, 11) is 0. The molecule has 0 saturated heterocycles. The lowest BCUT2D eigenvalue weighted by atomic mass is 10.3. The van der Waals surface area contributed by atoms with E-state index in [0.717, 1.165) is 0 Å². The lowest BCUT2D eigenvalue weighted by molar-refractivity contribution is 0.0653. The van der Waals surface area contributed by atoms with Crippen LogP contribution in [-0.2, 0) is 4.74 Å². The second-order valence-electron chi connectivity index (χ2n) is 2.79. The minimum absolute atomic E-state index is 0.0124. The second kappa shape index (κ2) is 4.96. The standard InChI is InChI=1S/C9H10N2O5/c1-3-4-15-9(14)10-6-5(2)11-16-7(6)8(12)13/h3H,1,4H2,2H3,(H,10,14)(H,12,13). The van der Waals surface area contributed by atoms with E-state index in [0.29, 0.717) is 0 Å². The Bertz CT molecular complexity index is 424. The smallest absolute Gasteiger partial charge is 0.412 e. The highest BCUT2D eigenvalue weighted by Crippen LogP contribution is 2.19. The van der Waals surface area contributed by atoms with Crippen molar-refractivity contribution in [2.24, 2.45) is 0 Å². The molecule has 1 rings (SSSR count). The van der Waals surface area contributed by atoms with Gasteiger partial charge < -0.3 is 14.4 Å². The van der Waals surface area contributed by atoms with Crippen LogP contribution in [-0.4, -0.2) is 28.9 Å². The maximum absolute atomic E-state index is 11.2. The number of hydrogen-bond donors (Lipinski definition) is 2. The zero-order chi connectivity index (χ0) is 12.1. The predicted molar refractivity (Wildman–Crippen MR) is 53.4 cm³/mol. The summed E-state index contributed by atoms with van der Waals surface area (Å²) < 4.78 is 9.15. The number of anilines is 1. The summed E-state index contributed by atoms with van der Waals surface area (Å²) in [5, 5.41) is 14.4. The van der Waals surface area contributed by atoms with Gasteiger partial charge in [0.2, 0.25) is 0 Å². The summed E-state index contributed by atoms with van der Waals surface area (Å²) in [4.78, 5) is 21.8. The molecule has 0 aliphatic rings. The number of aromatic nitrogens is 1. The summed E-state index contributed by atoms with van der Waals surface area (Å²) in [6.45, 7) is 4.89. The minimum Gasteiger partial charge on any atom is -0.475 e. The number of nitrogens with one attached hydrogen (secondary N) is 1. The molecule has 7 nitrogen and oxygen atoms in total. The molecule has 2 N–H and O–H groups in total. The van der Waals surface area contributed by atoms with Crippen LogP contribution >= 0.6 is 0 Å². The van der Waals surface area contributed by atoms with Crippen LogP contribution in [0.5, 0.6) is 0 Å². The molecule has 1 amide bonds. The predicted octanol–water partition coefficient (Wildman–Crippen LogP) is 1.42. The van der Waals surface area contributed by atoms with Crippen molar-refractivity contribution in [2.75, 3.05) is 11.9 Å². The maximum Gasteiger partial charge on any atom is 0.412 e.